The zero-order valence-corrected chi connectivity index (χ0v) is 17.5. The van der Waals surface area contributed by atoms with Crippen LogP contribution in [0.4, 0.5) is 0 Å². The molecule has 2 aliphatic heterocycles. The van der Waals surface area contributed by atoms with Gasteiger partial charge in [0, 0.05) is 57.8 Å². The molecule has 6 heteroatoms. The van der Waals surface area contributed by atoms with Crippen molar-refractivity contribution in [3.63, 3.8) is 0 Å². The van der Waals surface area contributed by atoms with Gasteiger partial charge in [0.25, 0.3) is 0 Å². The van der Waals surface area contributed by atoms with E-state index < -0.39 is 0 Å². The Labute approximate surface area is 172 Å². The Morgan fingerprint density at radius 1 is 1.17 bits per heavy atom. The van der Waals surface area contributed by atoms with Gasteiger partial charge in [-0.3, -0.25) is 9.69 Å². The number of nitrogens with zero attached hydrogens (tertiary/aromatic N) is 4. The second-order valence-corrected chi connectivity index (χ2v) is 8.58. The molecule has 3 heterocycles. The molecule has 2 aliphatic rings. The molecule has 0 aliphatic carbocycles. The number of hydrogen-bond donors (Lipinski definition) is 0. The van der Waals surface area contributed by atoms with E-state index in [1.807, 2.05) is 32.6 Å². The van der Waals surface area contributed by atoms with Crippen molar-refractivity contribution in [2.24, 2.45) is 5.41 Å². The summed E-state index contributed by atoms with van der Waals surface area (Å²) >= 11 is 0. The van der Waals surface area contributed by atoms with Crippen LogP contribution in [0.2, 0.25) is 0 Å². The first-order valence-electron chi connectivity index (χ1n) is 10.3. The molecule has 1 amide bonds. The highest BCUT2D eigenvalue weighted by molar-refractivity contribution is 5.84. The number of fused-ring (bicyclic) bond motifs is 2. The fraction of sp³-hybridized carbons (Fsp3) is 0.522. The number of carbonyl (C=O) groups is 1. The molecule has 0 spiro atoms. The van der Waals surface area contributed by atoms with Crippen LogP contribution in [0.1, 0.15) is 36.2 Å². The molecule has 3 atom stereocenters. The Morgan fingerprint density at radius 3 is 2.55 bits per heavy atom. The summed E-state index contributed by atoms with van der Waals surface area (Å²) in [5.74, 6) is 0.951. The van der Waals surface area contributed by atoms with Crippen LogP contribution in [0.3, 0.4) is 0 Å². The predicted molar refractivity (Wildman–Crippen MR) is 111 cm³/mol. The van der Waals surface area contributed by atoms with Crippen molar-refractivity contribution in [2.45, 2.75) is 50.9 Å². The van der Waals surface area contributed by atoms with Crippen molar-refractivity contribution in [3.05, 3.63) is 59.7 Å². The SMILES string of the molecule is COCc1ncc(CN2[C@H]3CC[C@@H]2[C@](Cc2ccccc2)(C(=O)N(C)C)C3)cn1. The van der Waals surface area contributed by atoms with E-state index in [1.165, 1.54) is 5.56 Å². The third-order valence-electron chi connectivity index (χ3n) is 6.47. The lowest BCUT2D eigenvalue weighted by Crippen LogP contribution is -2.50. The standard InChI is InChI=1S/C23H30N4O2/c1-26(2)22(28)23(11-17-7-5-4-6-8-17)12-19-9-10-20(23)27(19)15-18-13-24-21(16-29-3)25-14-18/h4-8,13-14,19-20H,9-12,15-16H2,1-3H3/t19-,20+,23+/m0/s1. The zero-order valence-electron chi connectivity index (χ0n) is 17.5. The number of rotatable bonds is 7. The normalized spacial score (nSPS) is 26.0. The molecule has 0 N–H and O–H groups in total. The second-order valence-electron chi connectivity index (χ2n) is 8.58. The molecule has 2 saturated heterocycles. The van der Waals surface area contributed by atoms with Gasteiger partial charge in [0.05, 0.1) is 5.41 Å². The first kappa shape index (κ1) is 20.0. The molecule has 1 aromatic carbocycles. The van der Waals surface area contributed by atoms with Crippen LogP contribution in [0.25, 0.3) is 0 Å². The van der Waals surface area contributed by atoms with E-state index in [0.29, 0.717) is 18.5 Å². The van der Waals surface area contributed by atoms with Crippen LogP contribution in [0.5, 0.6) is 0 Å². The summed E-state index contributed by atoms with van der Waals surface area (Å²) in [7, 11) is 5.41. The number of amides is 1. The van der Waals surface area contributed by atoms with Gasteiger partial charge in [0.1, 0.15) is 6.61 Å². The molecule has 1 aromatic heterocycles. The third kappa shape index (κ3) is 3.79. The fourth-order valence-electron chi connectivity index (χ4n) is 5.32. The lowest BCUT2D eigenvalue weighted by molar-refractivity contribution is -0.141. The zero-order chi connectivity index (χ0) is 20.4. The second kappa shape index (κ2) is 8.20. The maximum absolute atomic E-state index is 13.4. The maximum Gasteiger partial charge on any atom is 0.230 e. The molecule has 0 radical (unpaired) electrons. The minimum absolute atomic E-state index is 0.251. The maximum atomic E-state index is 13.4. The number of hydrogen-bond acceptors (Lipinski definition) is 5. The van der Waals surface area contributed by atoms with Crippen LogP contribution in [0, 0.1) is 5.41 Å². The lowest BCUT2D eigenvalue weighted by Gasteiger charge is -2.38. The van der Waals surface area contributed by atoms with E-state index in [1.54, 1.807) is 12.0 Å². The monoisotopic (exact) mass is 394 g/mol. The minimum atomic E-state index is -0.357. The van der Waals surface area contributed by atoms with Crippen molar-refractivity contribution in [2.75, 3.05) is 21.2 Å². The molecular weight excluding hydrogens is 364 g/mol. The van der Waals surface area contributed by atoms with Gasteiger partial charge in [0.2, 0.25) is 5.91 Å². The summed E-state index contributed by atoms with van der Waals surface area (Å²) in [6, 6.07) is 11.1. The lowest BCUT2D eigenvalue weighted by atomic mass is 9.69. The molecular formula is C23H30N4O2. The van der Waals surface area contributed by atoms with Crippen LogP contribution in [-0.4, -0.2) is 59.0 Å². The van der Waals surface area contributed by atoms with Gasteiger partial charge < -0.3 is 9.64 Å². The van der Waals surface area contributed by atoms with E-state index in [9.17, 15) is 4.79 Å². The first-order valence-corrected chi connectivity index (χ1v) is 10.3. The largest absolute Gasteiger partial charge is 0.377 e. The molecule has 29 heavy (non-hydrogen) atoms. The summed E-state index contributed by atoms with van der Waals surface area (Å²) in [6.45, 7) is 1.21. The smallest absolute Gasteiger partial charge is 0.230 e. The van der Waals surface area contributed by atoms with Gasteiger partial charge >= 0.3 is 0 Å². The first-order chi connectivity index (χ1) is 14.0. The number of aromatic nitrogens is 2. The molecule has 0 saturated carbocycles. The number of methoxy groups -OCH3 is 1. The van der Waals surface area contributed by atoms with Crippen LogP contribution in [-0.2, 0) is 29.1 Å². The topological polar surface area (TPSA) is 58.6 Å². The summed E-state index contributed by atoms with van der Waals surface area (Å²) in [6.07, 6.45) is 7.74. The average molecular weight is 395 g/mol. The predicted octanol–water partition coefficient (Wildman–Crippen LogP) is 2.68. The quantitative estimate of drug-likeness (QED) is 0.723. The third-order valence-corrected chi connectivity index (χ3v) is 6.47. The minimum Gasteiger partial charge on any atom is -0.377 e. The van der Waals surface area contributed by atoms with E-state index in [-0.39, 0.29) is 17.4 Å². The van der Waals surface area contributed by atoms with Gasteiger partial charge in [0.15, 0.2) is 5.82 Å². The highest BCUT2D eigenvalue weighted by atomic mass is 16.5. The molecule has 0 unspecified atom stereocenters. The van der Waals surface area contributed by atoms with Crippen molar-refractivity contribution < 1.29 is 9.53 Å². The van der Waals surface area contributed by atoms with E-state index in [2.05, 4.69) is 39.1 Å². The molecule has 2 aromatic rings. The Morgan fingerprint density at radius 2 is 1.90 bits per heavy atom. The van der Waals surface area contributed by atoms with Crippen molar-refractivity contribution in [1.82, 2.24) is 19.8 Å². The number of ether oxygens (including phenoxy) is 1. The molecule has 154 valence electrons. The van der Waals surface area contributed by atoms with Gasteiger partial charge in [-0.25, -0.2) is 9.97 Å². The summed E-state index contributed by atoms with van der Waals surface area (Å²) in [4.78, 5) is 26.6. The van der Waals surface area contributed by atoms with Crippen LogP contribution < -0.4 is 0 Å². The van der Waals surface area contributed by atoms with Gasteiger partial charge in [-0.1, -0.05) is 30.3 Å². The van der Waals surface area contributed by atoms with Crippen molar-refractivity contribution in [3.8, 4) is 0 Å². The summed E-state index contributed by atoms with van der Waals surface area (Å²) < 4.78 is 5.10. The van der Waals surface area contributed by atoms with E-state index >= 15 is 0 Å². The highest BCUT2D eigenvalue weighted by Gasteiger charge is 2.59. The van der Waals surface area contributed by atoms with E-state index in [4.69, 9.17) is 4.74 Å². The Kier molecular flexibility index (Phi) is 5.65. The Bertz CT molecular complexity index is 840. The average Bonchev–Trinajstić information content (AvgIpc) is 3.24. The Hall–Kier alpha value is -2.31. The van der Waals surface area contributed by atoms with Crippen molar-refractivity contribution in [1.29, 1.82) is 0 Å². The van der Waals surface area contributed by atoms with Crippen molar-refractivity contribution >= 4 is 5.91 Å². The number of carbonyl (C=O) groups excluding carboxylic acids is 1. The van der Waals surface area contributed by atoms with E-state index in [0.717, 1.165) is 37.8 Å². The molecule has 2 bridgehead atoms. The molecule has 4 rings (SSSR count). The molecule has 6 nitrogen and oxygen atoms in total. The summed E-state index contributed by atoms with van der Waals surface area (Å²) in [5.41, 5.74) is 1.97. The van der Waals surface area contributed by atoms with Gasteiger partial charge in [-0.2, -0.15) is 0 Å². The highest BCUT2D eigenvalue weighted by Crippen LogP contribution is 2.52. The fourth-order valence-corrected chi connectivity index (χ4v) is 5.32. The van der Waals surface area contributed by atoms with Gasteiger partial charge in [-0.05, 0) is 31.2 Å². The Balaban J connectivity index is 1.59. The summed E-state index contributed by atoms with van der Waals surface area (Å²) in [5, 5.41) is 0. The van der Waals surface area contributed by atoms with Crippen LogP contribution in [0.15, 0.2) is 42.7 Å². The molecule has 2 fully saturated rings. The van der Waals surface area contributed by atoms with Gasteiger partial charge in [-0.15, -0.1) is 0 Å². The van der Waals surface area contributed by atoms with Crippen LogP contribution >= 0.6 is 0 Å². The number of benzene rings is 1.